The van der Waals surface area contributed by atoms with Gasteiger partial charge < -0.3 is 20.1 Å². The zero-order chi connectivity index (χ0) is 22.4. The predicted molar refractivity (Wildman–Crippen MR) is 118 cm³/mol. The summed E-state index contributed by atoms with van der Waals surface area (Å²) in [4.78, 5) is 29.1. The number of amides is 2. The maximum Gasteiger partial charge on any atom is 0.408 e. The van der Waals surface area contributed by atoms with E-state index in [1.807, 2.05) is 6.07 Å². The van der Waals surface area contributed by atoms with Crippen molar-refractivity contribution >= 4 is 17.7 Å². The lowest BCUT2D eigenvalue weighted by molar-refractivity contribution is -0.124. The molecule has 1 aliphatic carbocycles. The van der Waals surface area contributed by atoms with Crippen molar-refractivity contribution in [2.24, 2.45) is 5.92 Å². The molecule has 1 heterocycles. The number of benzene rings is 1. The van der Waals surface area contributed by atoms with Crippen LogP contribution in [0.15, 0.2) is 18.2 Å². The van der Waals surface area contributed by atoms with Gasteiger partial charge in [-0.1, -0.05) is 44.2 Å². The van der Waals surface area contributed by atoms with Gasteiger partial charge in [0.05, 0.1) is 19.2 Å². The van der Waals surface area contributed by atoms with E-state index in [-0.39, 0.29) is 11.9 Å². The SMILES string of the molecule is [C-]#[N+]c1ccc2c(c1)OCCC2NC(=O)C(CC1CCCCC1)NC(=O)OC(C)(C)C. The molecule has 2 unspecified atom stereocenters. The first-order chi connectivity index (χ1) is 14.7. The molecule has 1 saturated carbocycles. The molecule has 0 bridgehead atoms. The van der Waals surface area contributed by atoms with Gasteiger partial charge in [-0.05, 0) is 39.2 Å². The van der Waals surface area contributed by atoms with Crippen molar-refractivity contribution in [3.8, 4) is 5.75 Å². The predicted octanol–water partition coefficient (Wildman–Crippen LogP) is 5.04. The van der Waals surface area contributed by atoms with E-state index in [4.69, 9.17) is 16.0 Å². The molecule has 2 aliphatic rings. The number of carbonyl (C=O) groups is 2. The highest BCUT2D eigenvalue weighted by Crippen LogP contribution is 2.35. The highest BCUT2D eigenvalue weighted by Gasteiger charge is 2.31. The summed E-state index contributed by atoms with van der Waals surface area (Å²) < 4.78 is 11.1. The Morgan fingerprint density at radius 2 is 1.97 bits per heavy atom. The van der Waals surface area contributed by atoms with Gasteiger partial charge in [0, 0.05) is 12.0 Å². The average Bonchev–Trinajstić information content (AvgIpc) is 2.72. The van der Waals surface area contributed by atoms with Crippen molar-refractivity contribution in [2.45, 2.75) is 83.4 Å². The summed E-state index contributed by atoms with van der Waals surface area (Å²) in [7, 11) is 0. The van der Waals surface area contributed by atoms with Crippen molar-refractivity contribution in [1.29, 1.82) is 0 Å². The van der Waals surface area contributed by atoms with E-state index in [1.165, 1.54) is 19.3 Å². The van der Waals surface area contributed by atoms with E-state index >= 15 is 0 Å². The van der Waals surface area contributed by atoms with Crippen LogP contribution in [0.5, 0.6) is 5.75 Å². The molecule has 0 aromatic heterocycles. The van der Waals surface area contributed by atoms with Crippen LogP contribution in [0.1, 0.15) is 77.3 Å². The van der Waals surface area contributed by atoms with Crippen molar-refractivity contribution in [2.75, 3.05) is 6.61 Å². The van der Waals surface area contributed by atoms with E-state index in [0.717, 1.165) is 18.4 Å². The topological polar surface area (TPSA) is 81.0 Å². The summed E-state index contributed by atoms with van der Waals surface area (Å²) in [5.74, 6) is 0.847. The number of nitrogens with zero attached hydrogens (tertiary/aromatic N) is 1. The minimum Gasteiger partial charge on any atom is -0.494 e. The molecule has 2 amide bonds. The van der Waals surface area contributed by atoms with Crippen molar-refractivity contribution in [3.63, 3.8) is 0 Å². The maximum atomic E-state index is 13.2. The van der Waals surface area contributed by atoms with Gasteiger partial charge in [0.2, 0.25) is 5.91 Å². The highest BCUT2D eigenvalue weighted by molar-refractivity contribution is 5.86. The molecule has 1 fully saturated rings. The van der Waals surface area contributed by atoms with Crippen LogP contribution in [0.3, 0.4) is 0 Å². The molecule has 168 valence electrons. The first kappa shape index (κ1) is 22.9. The Morgan fingerprint density at radius 3 is 2.65 bits per heavy atom. The number of rotatable bonds is 5. The summed E-state index contributed by atoms with van der Waals surface area (Å²) in [6.07, 6.45) is 6.41. The zero-order valence-electron chi connectivity index (χ0n) is 18.7. The third-order valence-electron chi connectivity index (χ3n) is 5.78. The Hall–Kier alpha value is -2.75. The van der Waals surface area contributed by atoms with Crippen LogP contribution in [-0.2, 0) is 9.53 Å². The molecular formula is C24H33N3O4. The van der Waals surface area contributed by atoms with E-state index in [2.05, 4.69) is 15.5 Å². The number of hydrogen-bond donors (Lipinski definition) is 2. The van der Waals surface area contributed by atoms with Gasteiger partial charge in [0.15, 0.2) is 5.69 Å². The molecule has 2 atom stereocenters. The van der Waals surface area contributed by atoms with Crippen LogP contribution in [0.25, 0.3) is 4.85 Å². The molecule has 1 aromatic carbocycles. The average molecular weight is 428 g/mol. The van der Waals surface area contributed by atoms with E-state index in [0.29, 0.717) is 36.8 Å². The quantitative estimate of drug-likeness (QED) is 0.645. The fourth-order valence-electron chi connectivity index (χ4n) is 4.31. The number of ether oxygens (including phenoxy) is 2. The van der Waals surface area contributed by atoms with E-state index in [1.54, 1.807) is 32.9 Å². The van der Waals surface area contributed by atoms with Crippen LogP contribution in [0.2, 0.25) is 0 Å². The van der Waals surface area contributed by atoms with Gasteiger partial charge in [-0.25, -0.2) is 9.64 Å². The molecular weight excluding hydrogens is 394 g/mol. The largest absolute Gasteiger partial charge is 0.494 e. The van der Waals surface area contributed by atoms with Crippen molar-refractivity contribution in [1.82, 2.24) is 10.6 Å². The Bertz CT molecular complexity index is 834. The molecule has 7 heteroatoms. The summed E-state index contributed by atoms with van der Waals surface area (Å²) in [5.41, 5.74) is 0.740. The van der Waals surface area contributed by atoms with Gasteiger partial charge in [-0.3, -0.25) is 4.79 Å². The molecule has 2 N–H and O–H groups in total. The monoisotopic (exact) mass is 427 g/mol. The molecule has 3 rings (SSSR count). The maximum absolute atomic E-state index is 13.2. The molecule has 31 heavy (non-hydrogen) atoms. The molecule has 1 aromatic rings. The lowest BCUT2D eigenvalue weighted by atomic mass is 9.84. The minimum absolute atomic E-state index is 0.205. The van der Waals surface area contributed by atoms with Crippen molar-refractivity contribution in [3.05, 3.63) is 35.2 Å². The molecule has 0 radical (unpaired) electrons. The third kappa shape index (κ3) is 6.61. The number of carbonyl (C=O) groups excluding carboxylic acids is 2. The highest BCUT2D eigenvalue weighted by atomic mass is 16.6. The molecule has 0 spiro atoms. The normalized spacial score (nSPS) is 19.9. The summed E-state index contributed by atoms with van der Waals surface area (Å²) in [5, 5.41) is 5.91. The molecule has 7 nitrogen and oxygen atoms in total. The minimum atomic E-state index is -0.647. The smallest absolute Gasteiger partial charge is 0.408 e. The summed E-state index contributed by atoms with van der Waals surface area (Å²) in [6, 6.07) is 4.42. The Morgan fingerprint density at radius 1 is 1.23 bits per heavy atom. The number of alkyl carbamates (subject to hydrolysis) is 1. The number of nitrogens with one attached hydrogen (secondary N) is 2. The van der Waals surface area contributed by atoms with E-state index in [9.17, 15) is 9.59 Å². The number of fused-ring (bicyclic) bond motifs is 1. The van der Waals surface area contributed by atoms with Gasteiger partial charge in [-0.2, -0.15) is 0 Å². The van der Waals surface area contributed by atoms with Crippen LogP contribution in [0, 0.1) is 12.5 Å². The first-order valence-corrected chi connectivity index (χ1v) is 11.2. The Balaban J connectivity index is 1.72. The fourth-order valence-corrected chi connectivity index (χ4v) is 4.31. The second-order valence-electron chi connectivity index (χ2n) is 9.47. The van der Waals surface area contributed by atoms with Crippen LogP contribution >= 0.6 is 0 Å². The van der Waals surface area contributed by atoms with Crippen LogP contribution < -0.4 is 15.4 Å². The summed E-state index contributed by atoms with van der Waals surface area (Å²) in [6.45, 7) is 13.1. The lowest BCUT2D eigenvalue weighted by Gasteiger charge is -2.31. The Labute approximate surface area is 184 Å². The van der Waals surface area contributed by atoms with Gasteiger partial charge >= 0.3 is 6.09 Å². The summed E-state index contributed by atoms with van der Waals surface area (Å²) >= 11 is 0. The third-order valence-corrected chi connectivity index (χ3v) is 5.78. The lowest BCUT2D eigenvalue weighted by Crippen LogP contribution is -2.50. The fraction of sp³-hybridized carbons (Fsp3) is 0.625. The second kappa shape index (κ2) is 10.0. The molecule has 0 saturated heterocycles. The van der Waals surface area contributed by atoms with E-state index < -0.39 is 17.7 Å². The van der Waals surface area contributed by atoms with Crippen LogP contribution in [0.4, 0.5) is 10.5 Å². The van der Waals surface area contributed by atoms with Gasteiger partial charge in [0.1, 0.15) is 17.4 Å². The standard InChI is InChI=1S/C24H33N3O4/c1-24(2,3)31-23(29)27-20(14-16-8-6-5-7-9-16)22(28)26-19-12-13-30-21-15-17(25-4)10-11-18(19)21/h10-11,15-16,19-20H,5-9,12-14H2,1-3H3,(H,26,28)(H,27,29). The first-order valence-electron chi connectivity index (χ1n) is 11.2. The van der Waals surface area contributed by atoms with Gasteiger partial charge in [-0.15, -0.1) is 0 Å². The van der Waals surface area contributed by atoms with Gasteiger partial charge in [0.25, 0.3) is 0 Å². The van der Waals surface area contributed by atoms with Crippen LogP contribution in [-0.4, -0.2) is 30.3 Å². The van der Waals surface area contributed by atoms with Crippen molar-refractivity contribution < 1.29 is 19.1 Å². The molecule has 1 aliphatic heterocycles. The zero-order valence-corrected chi connectivity index (χ0v) is 18.7. The number of hydrogen-bond acceptors (Lipinski definition) is 4. The second-order valence-corrected chi connectivity index (χ2v) is 9.47. The Kier molecular flexibility index (Phi) is 7.42.